The second-order valence-corrected chi connectivity index (χ2v) is 5.58. The average Bonchev–Trinajstić information content (AvgIpc) is 2.84. The van der Waals surface area contributed by atoms with Crippen LogP contribution >= 0.6 is 0 Å². The van der Waals surface area contributed by atoms with Crippen LogP contribution < -0.4 is 5.32 Å². The van der Waals surface area contributed by atoms with Gasteiger partial charge in [0.15, 0.2) is 0 Å². The maximum Gasteiger partial charge on any atom is 0.416 e. The van der Waals surface area contributed by atoms with E-state index in [1.165, 1.54) is 12.1 Å². The number of benzene rings is 1. The molecule has 1 unspecified atom stereocenters. The van der Waals surface area contributed by atoms with Gasteiger partial charge in [-0.3, -0.25) is 9.59 Å². The molecule has 1 aliphatic heterocycles. The Bertz CT molecular complexity index is 595. The fourth-order valence-electron chi connectivity index (χ4n) is 2.56. The van der Waals surface area contributed by atoms with E-state index in [9.17, 15) is 22.8 Å². The molecule has 2 N–H and O–H groups in total. The Hall–Kier alpha value is -2.09. The van der Waals surface area contributed by atoms with Gasteiger partial charge >= 0.3 is 12.1 Å². The van der Waals surface area contributed by atoms with Gasteiger partial charge in [0.25, 0.3) is 0 Å². The number of ether oxygens (including phenoxy) is 1. The van der Waals surface area contributed by atoms with Gasteiger partial charge in [0.1, 0.15) is 0 Å². The van der Waals surface area contributed by atoms with Crippen molar-refractivity contribution in [1.82, 2.24) is 5.32 Å². The van der Waals surface area contributed by atoms with Gasteiger partial charge in [0, 0.05) is 6.61 Å². The fraction of sp³-hybridized carbons (Fsp3) is 0.467. The summed E-state index contributed by atoms with van der Waals surface area (Å²) in [7, 11) is 0. The number of carboxylic acid groups (broad SMARTS) is 1. The average molecular weight is 331 g/mol. The van der Waals surface area contributed by atoms with Gasteiger partial charge < -0.3 is 15.2 Å². The lowest BCUT2D eigenvalue weighted by Crippen LogP contribution is -2.51. The van der Waals surface area contributed by atoms with E-state index in [0.717, 1.165) is 12.1 Å². The zero-order valence-electron chi connectivity index (χ0n) is 12.2. The highest BCUT2D eigenvalue weighted by atomic mass is 19.4. The molecular formula is C15H16F3NO4. The molecule has 126 valence electrons. The standard InChI is InChI=1S/C15H16F3NO4/c16-15(17,18)11-3-1-2-10(6-11)7-12(20)19-14(8-13(21)22)4-5-23-9-14/h1-3,6H,4-5,7-9H2,(H,19,20)(H,21,22). The number of amides is 1. The minimum Gasteiger partial charge on any atom is -0.481 e. The van der Waals surface area contributed by atoms with E-state index in [0.29, 0.717) is 13.0 Å². The van der Waals surface area contributed by atoms with Crippen molar-refractivity contribution in [1.29, 1.82) is 0 Å². The lowest BCUT2D eigenvalue weighted by molar-refractivity contribution is -0.139. The summed E-state index contributed by atoms with van der Waals surface area (Å²) in [4.78, 5) is 23.0. The van der Waals surface area contributed by atoms with Crippen molar-refractivity contribution in [2.75, 3.05) is 13.2 Å². The molecule has 5 nitrogen and oxygen atoms in total. The van der Waals surface area contributed by atoms with Crippen LogP contribution in [-0.4, -0.2) is 35.7 Å². The second-order valence-electron chi connectivity index (χ2n) is 5.58. The zero-order valence-corrected chi connectivity index (χ0v) is 12.2. The van der Waals surface area contributed by atoms with Crippen LogP contribution in [-0.2, 0) is 26.9 Å². The summed E-state index contributed by atoms with van der Waals surface area (Å²) in [6, 6.07) is 4.49. The zero-order chi connectivity index (χ0) is 17.1. The monoisotopic (exact) mass is 331 g/mol. The highest BCUT2D eigenvalue weighted by Gasteiger charge is 2.38. The van der Waals surface area contributed by atoms with Crippen LogP contribution in [0.1, 0.15) is 24.0 Å². The number of hydrogen-bond donors (Lipinski definition) is 2. The van der Waals surface area contributed by atoms with E-state index < -0.39 is 29.2 Å². The summed E-state index contributed by atoms with van der Waals surface area (Å²) in [6.07, 6.45) is -4.67. The molecule has 0 aromatic heterocycles. The molecule has 0 saturated carbocycles. The van der Waals surface area contributed by atoms with Crippen LogP contribution in [0.15, 0.2) is 24.3 Å². The first-order valence-electron chi connectivity index (χ1n) is 6.97. The number of carbonyl (C=O) groups is 2. The summed E-state index contributed by atoms with van der Waals surface area (Å²) >= 11 is 0. The molecule has 0 radical (unpaired) electrons. The van der Waals surface area contributed by atoms with E-state index in [1.807, 2.05) is 0 Å². The molecule has 1 fully saturated rings. The molecule has 1 aliphatic rings. The first-order valence-corrected chi connectivity index (χ1v) is 6.97. The third-order valence-electron chi connectivity index (χ3n) is 3.62. The van der Waals surface area contributed by atoms with E-state index in [1.54, 1.807) is 0 Å². The summed E-state index contributed by atoms with van der Waals surface area (Å²) in [5.74, 6) is -1.61. The summed E-state index contributed by atoms with van der Waals surface area (Å²) in [6.45, 7) is 0.407. The molecule has 0 aliphatic carbocycles. The van der Waals surface area contributed by atoms with Crippen LogP contribution in [0.4, 0.5) is 13.2 Å². The Balaban J connectivity index is 2.05. The van der Waals surface area contributed by atoms with Gasteiger partial charge in [-0.1, -0.05) is 18.2 Å². The smallest absolute Gasteiger partial charge is 0.416 e. The van der Waals surface area contributed by atoms with Crippen LogP contribution in [0.5, 0.6) is 0 Å². The fourth-order valence-corrected chi connectivity index (χ4v) is 2.56. The van der Waals surface area contributed by atoms with Crippen LogP contribution in [0, 0.1) is 0 Å². The lowest BCUT2D eigenvalue weighted by Gasteiger charge is -2.27. The third kappa shape index (κ3) is 4.69. The number of alkyl halides is 3. The number of rotatable bonds is 5. The summed E-state index contributed by atoms with van der Waals surface area (Å²) < 4.78 is 43.1. The van der Waals surface area contributed by atoms with E-state index in [2.05, 4.69) is 5.32 Å². The molecule has 0 bridgehead atoms. The Morgan fingerprint density at radius 2 is 2.09 bits per heavy atom. The van der Waals surface area contributed by atoms with Gasteiger partial charge in [-0.2, -0.15) is 13.2 Å². The Morgan fingerprint density at radius 1 is 1.35 bits per heavy atom. The molecule has 0 spiro atoms. The number of aliphatic carboxylic acids is 1. The first-order chi connectivity index (χ1) is 10.7. The molecule has 1 aromatic rings. The third-order valence-corrected chi connectivity index (χ3v) is 3.62. The molecule has 1 atom stereocenters. The van der Waals surface area contributed by atoms with Gasteiger partial charge in [-0.05, 0) is 18.1 Å². The summed E-state index contributed by atoms with van der Waals surface area (Å²) in [5, 5.41) is 11.5. The van der Waals surface area contributed by atoms with Gasteiger partial charge in [-0.25, -0.2) is 0 Å². The molecular weight excluding hydrogens is 315 g/mol. The Labute approximate surface area is 130 Å². The van der Waals surface area contributed by atoms with Crippen molar-refractivity contribution in [2.45, 2.75) is 31.0 Å². The van der Waals surface area contributed by atoms with Gasteiger partial charge in [0.2, 0.25) is 5.91 Å². The number of halogens is 3. The highest BCUT2D eigenvalue weighted by Crippen LogP contribution is 2.29. The van der Waals surface area contributed by atoms with Crippen LogP contribution in [0.2, 0.25) is 0 Å². The lowest BCUT2D eigenvalue weighted by atomic mass is 9.93. The van der Waals surface area contributed by atoms with Crippen molar-refractivity contribution in [3.8, 4) is 0 Å². The van der Waals surface area contributed by atoms with Crippen molar-refractivity contribution >= 4 is 11.9 Å². The van der Waals surface area contributed by atoms with Crippen molar-refractivity contribution in [3.05, 3.63) is 35.4 Å². The largest absolute Gasteiger partial charge is 0.481 e. The van der Waals surface area contributed by atoms with Crippen molar-refractivity contribution < 1.29 is 32.6 Å². The van der Waals surface area contributed by atoms with E-state index in [4.69, 9.17) is 9.84 Å². The SMILES string of the molecule is O=C(O)CC1(NC(=O)Cc2cccc(C(F)(F)F)c2)CCOC1. The molecule has 23 heavy (non-hydrogen) atoms. The predicted molar refractivity (Wildman–Crippen MR) is 73.7 cm³/mol. The number of hydrogen-bond acceptors (Lipinski definition) is 3. The molecule has 1 aromatic carbocycles. The minimum absolute atomic E-state index is 0.0770. The maximum absolute atomic E-state index is 12.7. The van der Waals surface area contributed by atoms with Gasteiger partial charge in [0.05, 0.1) is 30.6 Å². The number of carbonyl (C=O) groups excluding carboxylic acids is 1. The van der Waals surface area contributed by atoms with Crippen LogP contribution in [0.25, 0.3) is 0 Å². The first kappa shape index (κ1) is 17.3. The quantitative estimate of drug-likeness (QED) is 0.865. The van der Waals surface area contributed by atoms with E-state index >= 15 is 0 Å². The molecule has 1 saturated heterocycles. The summed E-state index contributed by atoms with van der Waals surface area (Å²) in [5.41, 5.74) is -1.61. The number of nitrogens with one attached hydrogen (secondary N) is 1. The predicted octanol–water partition coefficient (Wildman–Crippen LogP) is 2.00. The molecule has 1 heterocycles. The molecule has 1 amide bonds. The highest BCUT2D eigenvalue weighted by molar-refractivity contribution is 5.80. The topological polar surface area (TPSA) is 75.6 Å². The molecule has 8 heteroatoms. The van der Waals surface area contributed by atoms with Crippen molar-refractivity contribution in [2.24, 2.45) is 0 Å². The maximum atomic E-state index is 12.7. The number of carboxylic acids is 1. The van der Waals surface area contributed by atoms with E-state index in [-0.39, 0.29) is 25.0 Å². The minimum atomic E-state index is -4.48. The Kier molecular flexibility index (Phi) is 4.93. The second kappa shape index (κ2) is 6.57. The van der Waals surface area contributed by atoms with Crippen LogP contribution in [0.3, 0.4) is 0 Å². The Morgan fingerprint density at radius 3 is 2.65 bits per heavy atom. The van der Waals surface area contributed by atoms with Crippen molar-refractivity contribution in [3.63, 3.8) is 0 Å². The van der Waals surface area contributed by atoms with Gasteiger partial charge in [-0.15, -0.1) is 0 Å². The molecule has 2 rings (SSSR count). The normalized spacial score (nSPS) is 21.2.